The van der Waals surface area contributed by atoms with Gasteiger partial charge in [0.1, 0.15) is 3.53 Å². The highest BCUT2D eigenvalue weighted by Crippen LogP contribution is 2.19. The molecule has 0 saturated heterocycles. The van der Waals surface area contributed by atoms with Crippen molar-refractivity contribution in [1.82, 2.24) is 0 Å². The number of unbranched alkanes of at least 4 members (excludes halogenated alkanes) is 9. The Hall–Kier alpha value is 0.260. The molecule has 0 aromatic rings. The molecule has 0 aromatic carbocycles. The van der Waals surface area contributed by atoms with Crippen LogP contribution in [0.25, 0.3) is 0 Å². The first kappa shape index (κ1) is 20.3. The number of carboxylic acids is 1. The Bertz CT molecular complexity index is 258. The number of hydrogen-bond acceptors (Lipinski definition) is 4. The van der Waals surface area contributed by atoms with Gasteiger partial charge in [-0.05, 0) is 12.2 Å². The molecule has 0 saturated carbocycles. The van der Waals surface area contributed by atoms with Gasteiger partial charge in [-0.2, -0.15) is 0 Å². The molecule has 20 heavy (non-hydrogen) atoms. The van der Waals surface area contributed by atoms with E-state index < -0.39 is 5.97 Å². The van der Waals surface area contributed by atoms with Crippen LogP contribution in [0.15, 0.2) is 0 Å². The highest BCUT2D eigenvalue weighted by molar-refractivity contribution is 8.47. The second-order valence-electron chi connectivity index (χ2n) is 4.96. The Balaban J connectivity index is 3.12. The summed E-state index contributed by atoms with van der Waals surface area (Å²) in [6.45, 7) is 2.25. The molecule has 0 radical (unpaired) electrons. The van der Waals surface area contributed by atoms with Gasteiger partial charge in [0.05, 0.1) is 5.75 Å². The fourth-order valence-electron chi connectivity index (χ4n) is 1.91. The molecule has 0 aliphatic heterocycles. The normalized spacial score (nSPS) is 10.7. The Morgan fingerprint density at radius 3 is 1.90 bits per heavy atom. The molecule has 0 heterocycles. The molecule has 0 aliphatic carbocycles. The van der Waals surface area contributed by atoms with E-state index in [0.29, 0.717) is 0 Å². The van der Waals surface area contributed by atoms with Crippen molar-refractivity contribution in [3.8, 4) is 0 Å². The van der Waals surface area contributed by atoms with Crippen LogP contribution in [0.2, 0.25) is 0 Å². The SMILES string of the molecule is CCCCCCCCCCCCSC(=S)SCC(=O)O. The molecule has 0 fully saturated rings. The Kier molecular flexibility index (Phi) is 15.8. The van der Waals surface area contributed by atoms with Crippen molar-refractivity contribution in [2.24, 2.45) is 0 Å². The molecule has 0 atom stereocenters. The molecule has 5 heteroatoms. The van der Waals surface area contributed by atoms with Gasteiger partial charge in [0.15, 0.2) is 0 Å². The maximum absolute atomic E-state index is 10.4. The zero-order valence-electron chi connectivity index (χ0n) is 12.6. The van der Waals surface area contributed by atoms with Crippen LogP contribution in [0.3, 0.4) is 0 Å². The van der Waals surface area contributed by atoms with Crippen LogP contribution in [-0.2, 0) is 4.79 Å². The lowest BCUT2D eigenvalue weighted by atomic mass is 10.1. The molecule has 118 valence electrons. The van der Waals surface area contributed by atoms with Crippen LogP contribution in [0.4, 0.5) is 0 Å². The number of hydrogen-bond donors (Lipinski definition) is 1. The summed E-state index contributed by atoms with van der Waals surface area (Å²) in [5.74, 6) is 0.322. The quantitative estimate of drug-likeness (QED) is 0.343. The summed E-state index contributed by atoms with van der Waals surface area (Å²) in [5.41, 5.74) is 0. The summed E-state index contributed by atoms with van der Waals surface area (Å²) < 4.78 is 0.767. The number of carbonyl (C=O) groups is 1. The zero-order valence-corrected chi connectivity index (χ0v) is 15.0. The predicted molar refractivity (Wildman–Crippen MR) is 97.0 cm³/mol. The van der Waals surface area contributed by atoms with Crippen molar-refractivity contribution in [2.45, 2.75) is 71.1 Å². The average Bonchev–Trinajstić information content (AvgIpc) is 2.42. The summed E-state index contributed by atoms with van der Waals surface area (Å²) >= 11 is 7.99. The van der Waals surface area contributed by atoms with Crippen molar-refractivity contribution < 1.29 is 9.90 Å². The predicted octanol–water partition coefficient (Wildman–Crippen LogP) is 5.74. The van der Waals surface area contributed by atoms with Gasteiger partial charge in [-0.25, -0.2) is 0 Å². The fourth-order valence-corrected chi connectivity index (χ4v) is 3.85. The Morgan fingerprint density at radius 1 is 0.900 bits per heavy atom. The second kappa shape index (κ2) is 15.6. The number of thiocarbonyl (C=S) groups is 1. The number of aliphatic carboxylic acids is 1. The summed E-state index contributed by atoms with van der Waals surface area (Å²) in [6.07, 6.45) is 13.4. The molecule has 0 bridgehead atoms. The van der Waals surface area contributed by atoms with Crippen molar-refractivity contribution in [3.05, 3.63) is 0 Å². The number of carboxylic acid groups (broad SMARTS) is 1. The molecular formula is C15H28O2S3. The van der Waals surface area contributed by atoms with Gasteiger partial charge >= 0.3 is 5.97 Å². The number of thioether (sulfide) groups is 2. The minimum Gasteiger partial charge on any atom is -0.481 e. The fraction of sp³-hybridized carbons (Fsp3) is 0.867. The second-order valence-corrected chi connectivity index (χ2v) is 8.24. The summed E-state index contributed by atoms with van der Waals surface area (Å²) in [5, 5.41) is 8.53. The standard InChI is InChI=1S/C15H28O2S3/c1-2-3-4-5-6-7-8-9-10-11-12-19-15(18)20-13-14(16)17/h2-13H2,1H3,(H,16,17). The maximum atomic E-state index is 10.4. The van der Waals surface area contributed by atoms with E-state index in [0.717, 1.165) is 9.28 Å². The molecule has 1 N–H and O–H groups in total. The zero-order chi connectivity index (χ0) is 15.1. The van der Waals surface area contributed by atoms with Crippen molar-refractivity contribution in [1.29, 1.82) is 0 Å². The van der Waals surface area contributed by atoms with E-state index in [1.54, 1.807) is 11.8 Å². The van der Waals surface area contributed by atoms with E-state index in [9.17, 15) is 4.79 Å². The first-order valence-electron chi connectivity index (χ1n) is 7.68. The highest BCUT2D eigenvalue weighted by atomic mass is 32.2. The Labute approximate surface area is 137 Å². The van der Waals surface area contributed by atoms with Crippen LogP contribution < -0.4 is 0 Å². The third-order valence-corrected chi connectivity index (χ3v) is 5.80. The van der Waals surface area contributed by atoms with E-state index in [1.165, 1.54) is 76.0 Å². The van der Waals surface area contributed by atoms with Crippen LogP contribution >= 0.6 is 35.7 Å². The smallest absolute Gasteiger partial charge is 0.313 e. The summed E-state index contributed by atoms with van der Waals surface area (Å²) in [7, 11) is 0. The van der Waals surface area contributed by atoms with Crippen molar-refractivity contribution >= 4 is 45.2 Å². The molecule has 2 nitrogen and oxygen atoms in total. The van der Waals surface area contributed by atoms with Gasteiger partial charge in [-0.3, -0.25) is 4.79 Å². The van der Waals surface area contributed by atoms with Gasteiger partial charge < -0.3 is 5.11 Å². The molecule has 0 aliphatic rings. The van der Waals surface area contributed by atoms with Crippen LogP contribution in [-0.4, -0.2) is 26.1 Å². The Morgan fingerprint density at radius 2 is 1.40 bits per heavy atom. The van der Waals surface area contributed by atoms with Gasteiger partial charge in [-0.15, -0.1) is 11.8 Å². The molecule has 0 rings (SSSR count). The van der Waals surface area contributed by atoms with Crippen LogP contribution in [0.1, 0.15) is 71.1 Å². The van der Waals surface area contributed by atoms with Gasteiger partial charge in [0, 0.05) is 0 Å². The van der Waals surface area contributed by atoms with Gasteiger partial charge in [0.25, 0.3) is 0 Å². The maximum Gasteiger partial charge on any atom is 0.313 e. The minimum atomic E-state index is -0.795. The summed E-state index contributed by atoms with van der Waals surface area (Å²) in [4.78, 5) is 10.4. The molecule has 0 aromatic heterocycles. The first-order chi connectivity index (χ1) is 9.66. The molecule has 0 spiro atoms. The lowest BCUT2D eigenvalue weighted by Gasteiger charge is -2.03. The topological polar surface area (TPSA) is 37.3 Å². The van der Waals surface area contributed by atoms with Crippen LogP contribution in [0, 0.1) is 0 Å². The monoisotopic (exact) mass is 336 g/mol. The molecule has 0 unspecified atom stereocenters. The highest BCUT2D eigenvalue weighted by Gasteiger charge is 2.02. The van der Waals surface area contributed by atoms with Crippen molar-refractivity contribution in [3.63, 3.8) is 0 Å². The first-order valence-corrected chi connectivity index (χ1v) is 10.1. The third-order valence-electron chi connectivity index (χ3n) is 3.03. The van der Waals surface area contributed by atoms with E-state index in [1.807, 2.05) is 0 Å². The van der Waals surface area contributed by atoms with Gasteiger partial charge in [-0.1, -0.05) is 88.7 Å². The van der Waals surface area contributed by atoms with E-state index in [2.05, 4.69) is 6.92 Å². The average molecular weight is 337 g/mol. The van der Waals surface area contributed by atoms with Gasteiger partial charge in [0.2, 0.25) is 0 Å². The lowest BCUT2D eigenvalue weighted by Crippen LogP contribution is -1.99. The third kappa shape index (κ3) is 16.3. The lowest BCUT2D eigenvalue weighted by molar-refractivity contribution is -0.133. The molecular weight excluding hydrogens is 308 g/mol. The summed E-state index contributed by atoms with van der Waals surface area (Å²) in [6, 6.07) is 0. The number of rotatable bonds is 13. The largest absolute Gasteiger partial charge is 0.481 e. The van der Waals surface area contributed by atoms with Crippen LogP contribution in [0.5, 0.6) is 0 Å². The minimum absolute atomic E-state index is 0.0872. The van der Waals surface area contributed by atoms with E-state index >= 15 is 0 Å². The van der Waals surface area contributed by atoms with Crippen molar-refractivity contribution in [2.75, 3.05) is 11.5 Å². The van der Waals surface area contributed by atoms with E-state index in [4.69, 9.17) is 17.3 Å². The van der Waals surface area contributed by atoms with E-state index in [-0.39, 0.29) is 5.75 Å². The molecule has 0 amide bonds.